The molecule has 1 aliphatic heterocycles. The van der Waals surface area contributed by atoms with Crippen molar-refractivity contribution >= 4 is 5.91 Å². The van der Waals surface area contributed by atoms with Crippen molar-refractivity contribution in [3.05, 3.63) is 0 Å². The lowest BCUT2D eigenvalue weighted by Crippen LogP contribution is -2.46. The van der Waals surface area contributed by atoms with Crippen LogP contribution in [-0.4, -0.2) is 35.9 Å². The van der Waals surface area contributed by atoms with E-state index in [1.807, 2.05) is 0 Å². The van der Waals surface area contributed by atoms with Crippen molar-refractivity contribution in [1.29, 1.82) is 0 Å². The maximum Gasteiger partial charge on any atom is 0.222 e. The smallest absolute Gasteiger partial charge is 0.222 e. The van der Waals surface area contributed by atoms with Gasteiger partial charge in [-0.1, -0.05) is 20.8 Å². The van der Waals surface area contributed by atoms with Gasteiger partial charge < -0.3 is 15.2 Å². The van der Waals surface area contributed by atoms with E-state index in [-0.39, 0.29) is 12.0 Å². The van der Waals surface area contributed by atoms with Gasteiger partial charge in [0, 0.05) is 13.2 Å². The molecule has 0 aromatic heterocycles. The molecule has 0 bridgehead atoms. The quantitative estimate of drug-likeness (QED) is 0.838. The molecule has 0 spiro atoms. The Kier molecular flexibility index (Phi) is 5.31. The number of nitrogens with one attached hydrogen (secondary N) is 1. The summed E-state index contributed by atoms with van der Waals surface area (Å²) in [6.07, 6.45) is 6.20. The highest BCUT2D eigenvalue weighted by atomic mass is 16.5. The number of hydrogen-bond acceptors (Lipinski definition) is 3. The molecule has 0 aromatic rings. The fraction of sp³-hybridized carbons (Fsp3) is 0.941. The zero-order chi connectivity index (χ0) is 15.5. The number of carbonyl (C=O) groups is 1. The Labute approximate surface area is 128 Å². The minimum atomic E-state index is -0.714. The second kappa shape index (κ2) is 6.66. The highest BCUT2D eigenvalue weighted by Crippen LogP contribution is 2.41. The highest BCUT2D eigenvalue weighted by molar-refractivity contribution is 5.76. The minimum absolute atomic E-state index is 0.00766. The van der Waals surface area contributed by atoms with Crippen molar-refractivity contribution in [2.24, 2.45) is 11.3 Å². The van der Waals surface area contributed by atoms with Gasteiger partial charge in [0.1, 0.15) is 0 Å². The molecule has 1 amide bonds. The van der Waals surface area contributed by atoms with Crippen molar-refractivity contribution in [3.63, 3.8) is 0 Å². The van der Waals surface area contributed by atoms with Gasteiger partial charge in [0.15, 0.2) is 0 Å². The molecular weight excluding hydrogens is 266 g/mol. The average molecular weight is 297 g/mol. The first kappa shape index (κ1) is 16.8. The summed E-state index contributed by atoms with van der Waals surface area (Å²) < 4.78 is 5.47. The van der Waals surface area contributed by atoms with Crippen LogP contribution in [0.2, 0.25) is 0 Å². The second-order valence-corrected chi connectivity index (χ2v) is 7.98. The van der Waals surface area contributed by atoms with Crippen LogP contribution >= 0.6 is 0 Å². The third-order valence-electron chi connectivity index (χ3n) is 5.19. The molecule has 1 saturated carbocycles. The maximum absolute atomic E-state index is 11.9. The molecule has 0 aromatic carbocycles. The fourth-order valence-corrected chi connectivity index (χ4v) is 3.55. The Bertz CT molecular complexity index is 348. The zero-order valence-electron chi connectivity index (χ0n) is 13.8. The van der Waals surface area contributed by atoms with Crippen LogP contribution in [0.4, 0.5) is 0 Å². The summed E-state index contributed by atoms with van der Waals surface area (Å²) in [6.45, 7) is 7.97. The van der Waals surface area contributed by atoms with E-state index in [2.05, 4.69) is 26.1 Å². The lowest BCUT2D eigenvalue weighted by atomic mass is 9.68. The molecule has 1 saturated heterocycles. The summed E-state index contributed by atoms with van der Waals surface area (Å²) in [7, 11) is 0. The van der Waals surface area contributed by atoms with E-state index in [1.165, 1.54) is 0 Å². The third-order valence-corrected chi connectivity index (χ3v) is 5.19. The van der Waals surface area contributed by atoms with Crippen LogP contribution in [0, 0.1) is 11.3 Å². The lowest BCUT2D eigenvalue weighted by molar-refractivity contribution is -0.125. The summed E-state index contributed by atoms with van der Waals surface area (Å²) in [5.74, 6) is 0.675. The van der Waals surface area contributed by atoms with Gasteiger partial charge in [-0.15, -0.1) is 0 Å². The molecule has 2 fully saturated rings. The number of ether oxygens (including phenoxy) is 1. The summed E-state index contributed by atoms with van der Waals surface area (Å²) >= 11 is 0. The first-order chi connectivity index (χ1) is 9.78. The summed E-state index contributed by atoms with van der Waals surface area (Å²) in [5.41, 5.74) is -0.404. The van der Waals surface area contributed by atoms with Gasteiger partial charge in [0.25, 0.3) is 0 Å². The zero-order valence-corrected chi connectivity index (χ0v) is 13.8. The highest BCUT2D eigenvalue weighted by Gasteiger charge is 2.37. The molecule has 1 aliphatic carbocycles. The molecular formula is C17H31NO3. The molecule has 4 nitrogen and oxygen atoms in total. The Hall–Kier alpha value is -0.610. The predicted molar refractivity (Wildman–Crippen MR) is 83.0 cm³/mol. The molecule has 1 heterocycles. The monoisotopic (exact) mass is 297 g/mol. The molecule has 4 heteroatoms. The lowest BCUT2D eigenvalue weighted by Gasteiger charge is -2.41. The van der Waals surface area contributed by atoms with E-state index in [0.29, 0.717) is 24.3 Å². The first-order valence-corrected chi connectivity index (χ1v) is 8.39. The van der Waals surface area contributed by atoms with Gasteiger partial charge in [-0.2, -0.15) is 0 Å². The minimum Gasteiger partial charge on any atom is -0.388 e. The van der Waals surface area contributed by atoms with Crippen molar-refractivity contribution in [3.8, 4) is 0 Å². The predicted octanol–water partition coefficient (Wildman–Crippen LogP) is 2.64. The topological polar surface area (TPSA) is 58.6 Å². The van der Waals surface area contributed by atoms with Gasteiger partial charge in [0.2, 0.25) is 5.91 Å². The van der Waals surface area contributed by atoms with Crippen LogP contribution in [0.3, 0.4) is 0 Å². The van der Waals surface area contributed by atoms with Gasteiger partial charge in [0.05, 0.1) is 18.1 Å². The van der Waals surface area contributed by atoms with Crippen molar-refractivity contribution in [2.45, 2.75) is 77.4 Å². The van der Waals surface area contributed by atoms with Crippen LogP contribution in [0.15, 0.2) is 0 Å². The number of hydrogen-bond donors (Lipinski definition) is 2. The molecule has 1 atom stereocenters. The van der Waals surface area contributed by atoms with Crippen molar-refractivity contribution in [1.82, 2.24) is 5.32 Å². The molecule has 1 unspecified atom stereocenters. The Morgan fingerprint density at radius 3 is 2.48 bits per heavy atom. The third kappa shape index (κ3) is 4.96. The molecule has 2 aliphatic rings. The SMILES string of the molecule is CC(C)(C)C1CCC(O)(CNC(=O)CC2CCCO2)CC1. The Balaban J connectivity index is 1.71. The number of aliphatic hydroxyl groups is 1. The van der Waals surface area contributed by atoms with E-state index >= 15 is 0 Å². The Morgan fingerprint density at radius 2 is 1.95 bits per heavy atom. The van der Waals surface area contributed by atoms with E-state index in [9.17, 15) is 9.90 Å². The maximum atomic E-state index is 11.9. The van der Waals surface area contributed by atoms with Crippen LogP contribution in [0.5, 0.6) is 0 Å². The van der Waals surface area contributed by atoms with Crippen LogP contribution < -0.4 is 5.32 Å². The number of carbonyl (C=O) groups excluding carboxylic acids is 1. The summed E-state index contributed by atoms with van der Waals surface area (Å²) in [6, 6.07) is 0. The molecule has 2 rings (SSSR count). The summed E-state index contributed by atoms with van der Waals surface area (Å²) in [4.78, 5) is 11.9. The van der Waals surface area contributed by atoms with E-state index in [1.54, 1.807) is 0 Å². The van der Waals surface area contributed by atoms with Crippen molar-refractivity contribution < 1.29 is 14.6 Å². The Morgan fingerprint density at radius 1 is 1.29 bits per heavy atom. The fourth-order valence-electron chi connectivity index (χ4n) is 3.55. The molecule has 2 N–H and O–H groups in total. The summed E-state index contributed by atoms with van der Waals surface area (Å²) in [5, 5.41) is 13.5. The van der Waals surface area contributed by atoms with Crippen molar-refractivity contribution in [2.75, 3.05) is 13.2 Å². The van der Waals surface area contributed by atoms with Crippen LogP contribution in [-0.2, 0) is 9.53 Å². The van der Waals surface area contributed by atoms with Gasteiger partial charge in [-0.25, -0.2) is 0 Å². The second-order valence-electron chi connectivity index (χ2n) is 7.98. The average Bonchev–Trinajstić information content (AvgIpc) is 2.89. The first-order valence-electron chi connectivity index (χ1n) is 8.39. The number of amides is 1. The molecule has 122 valence electrons. The van der Waals surface area contributed by atoms with Crippen LogP contribution in [0.25, 0.3) is 0 Å². The molecule has 21 heavy (non-hydrogen) atoms. The van der Waals surface area contributed by atoms with E-state index in [4.69, 9.17) is 4.74 Å². The number of rotatable bonds is 4. The largest absolute Gasteiger partial charge is 0.388 e. The molecule has 0 radical (unpaired) electrons. The van der Waals surface area contributed by atoms with Gasteiger partial charge in [-0.3, -0.25) is 4.79 Å². The van der Waals surface area contributed by atoms with E-state index in [0.717, 1.165) is 45.1 Å². The standard InChI is InChI=1S/C17H31NO3/c1-16(2,3)13-6-8-17(20,9-7-13)12-18-15(19)11-14-5-4-10-21-14/h13-14,20H,4-12H2,1-3H3,(H,18,19). The van der Waals surface area contributed by atoms with Crippen LogP contribution in [0.1, 0.15) is 65.7 Å². The van der Waals surface area contributed by atoms with Gasteiger partial charge in [-0.05, 0) is 49.9 Å². The van der Waals surface area contributed by atoms with Gasteiger partial charge >= 0.3 is 0 Å². The normalized spacial score (nSPS) is 33.9. The van der Waals surface area contributed by atoms with E-state index < -0.39 is 5.60 Å².